The molecule has 0 saturated carbocycles. The number of benzene rings is 3. The lowest BCUT2D eigenvalue weighted by atomic mass is 9.72. The van der Waals surface area contributed by atoms with Gasteiger partial charge in [-0.3, -0.25) is 14.8 Å². The summed E-state index contributed by atoms with van der Waals surface area (Å²) in [4.78, 5) is 15.0. The van der Waals surface area contributed by atoms with Crippen LogP contribution in [-0.4, -0.2) is 111 Å². The maximum Gasteiger partial charge on any atom is 0.417 e. The lowest BCUT2D eigenvalue weighted by Crippen LogP contribution is -2.51. The van der Waals surface area contributed by atoms with Crippen molar-refractivity contribution in [3.63, 3.8) is 0 Å². The largest absolute Gasteiger partial charge is 0.417 e. The minimum atomic E-state index is -4.89. The zero-order valence-corrected chi connectivity index (χ0v) is 40.5. The fourth-order valence-electron chi connectivity index (χ4n) is 10.2. The Bertz CT molecular complexity index is 2550. The molecule has 4 N–H and O–H groups in total. The number of hydrogen-bond donors (Lipinski definition) is 4. The standard InChI is InChI=1S/C27H32F4N2O2.C26H31F4N3O2/c1-18-4-6-21(28)14-23(18)25(2,3)17-26(34,27(29,30)31)15-22-13-20-12-19(5-7-24(20)32-22)16-33-8-10-35-11-9-33;1-17-4-5-19(27)12-22(17)24(2,3)16-25(34,26(28,29)30)13-20-10-18-11-21(31-14-23(18)32-20)15-33-6-8-35-9-7-33/h4-7,12-14,32,34H,8-11,15-17H2,1-3H3;4-5,10-12,14,32,34H,6-9,13,15-16H2,1-3H3. The van der Waals surface area contributed by atoms with Crippen LogP contribution in [0.25, 0.3) is 21.8 Å². The molecule has 0 bridgehead atoms. The molecule has 9 nitrogen and oxygen atoms in total. The second kappa shape index (κ2) is 20.7. The van der Waals surface area contributed by atoms with E-state index in [1.54, 1.807) is 65.9 Å². The zero-order chi connectivity index (χ0) is 50.9. The van der Waals surface area contributed by atoms with Gasteiger partial charge in [-0.15, -0.1) is 0 Å². The summed E-state index contributed by atoms with van der Waals surface area (Å²) in [6.07, 6.45) is -10.6. The van der Waals surface area contributed by atoms with Gasteiger partial charge in [0.25, 0.3) is 0 Å². The van der Waals surface area contributed by atoms with Gasteiger partial charge in [0.15, 0.2) is 11.2 Å². The van der Waals surface area contributed by atoms with Crippen molar-refractivity contribution in [2.24, 2.45) is 0 Å². The molecule has 380 valence electrons. The summed E-state index contributed by atoms with van der Waals surface area (Å²) in [7, 11) is 0. The first-order valence-electron chi connectivity index (χ1n) is 23.5. The predicted octanol–water partition coefficient (Wildman–Crippen LogP) is 10.7. The van der Waals surface area contributed by atoms with Gasteiger partial charge in [0, 0.05) is 74.4 Å². The van der Waals surface area contributed by atoms with Crippen molar-refractivity contribution in [2.45, 2.75) is 115 Å². The molecule has 8 rings (SSSR count). The first-order valence-corrected chi connectivity index (χ1v) is 23.5. The van der Waals surface area contributed by atoms with Crippen LogP contribution >= 0.6 is 0 Å². The molecule has 2 saturated heterocycles. The Hall–Kier alpha value is -4.91. The molecule has 6 aromatic rings. The molecule has 2 fully saturated rings. The first kappa shape index (κ1) is 52.9. The molecule has 70 heavy (non-hydrogen) atoms. The molecular formula is C53H63F8N5O4. The van der Waals surface area contributed by atoms with Crippen molar-refractivity contribution in [1.29, 1.82) is 0 Å². The normalized spacial score (nSPS) is 17.6. The minimum absolute atomic E-state index is 0.261. The summed E-state index contributed by atoms with van der Waals surface area (Å²) >= 11 is 0. The quantitative estimate of drug-likeness (QED) is 0.0805. The number of morpholine rings is 2. The Morgan fingerprint density at radius 3 is 1.49 bits per heavy atom. The van der Waals surface area contributed by atoms with Crippen LogP contribution in [0.3, 0.4) is 0 Å². The maximum absolute atomic E-state index is 14.2. The topological polar surface area (TPSA) is 110 Å². The van der Waals surface area contributed by atoms with Gasteiger partial charge in [0.05, 0.1) is 43.8 Å². The van der Waals surface area contributed by atoms with Crippen LogP contribution in [0.5, 0.6) is 0 Å². The molecule has 0 spiro atoms. The van der Waals surface area contributed by atoms with Gasteiger partial charge >= 0.3 is 12.4 Å². The first-order chi connectivity index (χ1) is 32.7. The number of aryl methyl sites for hydroxylation is 2. The van der Waals surface area contributed by atoms with Gasteiger partial charge in [-0.25, -0.2) is 8.78 Å². The van der Waals surface area contributed by atoms with E-state index in [-0.39, 0.29) is 5.69 Å². The maximum atomic E-state index is 14.2. The molecule has 0 radical (unpaired) electrons. The molecule has 17 heteroatoms. The number of aromatic nitrogens is 3. The number of hydrogen-bond acceptors (Lipinski definition) is 7. The number of nitrogens with zero attached hydrogens (tertiary/aromatic N) is 3. The van der Waals surface area contributed by atoms with Crippen LogP contribution in [0.15, 0.2) is 79.0 Å². The Morgan fingerprint density at radius 2 is 1.01 bits per heavy atom. The van der Waals surface area contributed by atoms with Crippen molar-refractivity contribution >= 4 is 21.8 Å². The van der Waals surface area contributed by atoms with Crippen LogP contribution < -0.4 is 0 Å². The third-order valence-corrected chi connectivity index (χ3v) is 13.7. The molecule has 3 aromatic carbocycles. The monoisotopic (exact) mass is 985 g/mol. The van der Waals surface area contributed by atoms with Crippen LogP contribution in [0.1, 0.15) is 85.4 Å². The number of nitrogens with one attached hydrogen (secondary N) is 2. The van der Waals surface area contributed by atoms with Crippen LogP contribution in [0, 0.1) is 25.5 Å². The summed E-state index contributed by atoms with van der Waals surface area (Å²) < 4.78 is 124. The van der Waals surface area contributed by atoms with Gasteiger partial charge in [-0.05, 0) is 125 Å². The number of alkyl halides is 6. The van der Waals surface area contributed by atoms with Crippen molar-refractivity contribution in [3.8, 4) is 0 Å². The van der Waals surface area contributed by atoms with Crippen molar-refractivity contribution in [3.05, 3.63) is 136 Å². The van der Waals surface area contributed by atoms with E-state index in [4.69, 9.17) is 9.47 Å². The second-order valence-corrected chi connectivity index (χ2v) is 20.5. The number of H-pyrrole nitrogens is 2. The number of aromatic amines is 2. The Morgan fingerprint density at radius 1 is 0.571 bits per heavy atom. The number of pyridine rings is 1. The van der Waals surface area contributed by atoms with Gasteiger partial charge in [0.1, 0.15) is 11.6 Å². The lowest BCUT2D eigenvalue weighted by molar-refractivity contribution is -0.266. The number of rotatable bonds is 14. The van der Waals surface area contributed by atoms with E-state index in [0.29, 0.717) is 66.4 Å². The van der Waals surface area contributed by atoms with E-state index in [1.165, 1.54) is 30.3 Å². The molecule has 2 unspecified atom stereocenters. The van der Waals surface area contributed by atoms with Crippen LogP contribution in [-0.2, 0) is 46.2 Å². The highest BCUT2D eigenvalue weighted by Crippen LogP contribution is 2.46. The summed E-state index contributed by atoms with van der Waals surface area (Å²) in [5.41, 5.74) is -2.24. The predicted molar refractivity (Wildman–Crippen MR) is 254 cm³/mol. The third kappa shape index (κ3) is 12.6. The molecule has 0 amide bonds. The molecule has 2 aliphatic rings. The average Bonchev–Trinajstić information content (AvgIpc) is 3.87. The van der Waals surface area contributed by atoms with Gasteiger partial charge in [0.2, 0.25) is 0 Å². The van der Waals surface area contributed by atoms with E-state index < -0.39 is 71.7 Å². The Labute approximate surface area is 403 Å². The SMILES string of the molecule is Cc1ccc(F)cc1C(C)(C)CC(O)(Cc1cc2cc(CN3CCOCC3)ccc2[nH]1)C(F)(F)F.Cc1ccc(F)cc1C(C)(C)CC(O)(Cc1cc2cc(CN3CCOCC3)ncc2[nH]1)C(F)(F)F. The third-order valence-electron chi connectivity index (χ3n) is 13.7. The van der Waals surface area contributed by atoms with E-state index in [1.807, 2.05) is 24.3 Å². The van der Waals surface area contributed by atoms with E-state index in [0.717, 1.165) is 60.3 Å². The zero-order valence-electron chi connectivity index (χ0n) is 40.5. The number of ether oxygens (including phenoxy) is 2. The molecule has 5 heterocycles. The average molecular weight is 986 g/mol. The fraction of sp³-hybridized carbons (Fsp3) is 0.491. The van der Waals surface area contributed by atoms with Gasteiger partial charge in [-0.1, -0.05) is 45.9 Å². The minimum Gasteiger partial charge on any atom is -0.380 e. The molecule has 2 aliphatic heterocycles. The van der Waals surface area contributed by atoms with E-state index >= 15 is 0 Å². The number of aliphatic hydroxyl groups is 2. The number of fused-ring (bicyclic) bond motifs is 2. The summed E-state index contributed by atoms with van der Waals surface area (Å²) in [6, 6.07) is 19.1. The van der Waals surface area contributed by atoms with Crippen LogP contribution in [0.4, 0.5) is 35.1 Å². The summed E-state index contributed by atoms with van der Waals surface area (Å²) in [5.74, 6) is -1.04. The van der Waals surface area contributed by atoms with Crippen molar-refractivity contribution in [1.82, 2.24) is 24.8 Å². The molecule has 3 aromatic heterocycles. The Kier molecular flexibility index (Phi) is 15.6. The summed E-state index contributed by atoms with van der Waals surface area (Å²) in [6.45, 7) is 17.2. The smallest absolute Gasteiger partial charge is 0.380 e. The number of halogens is 8. The lowest BCUT2D eigenvalue weighted by Gasteiger charge is -2.38. The van der Waals surface area contributed by atoms with E-state index in [9.17, 15) is 45.3 Å². The highest BCUT2D eigenvalue weighted by atomic mass is 19.4. The highest BCUT2D eigenvalue weighted by Gasteiger charge is 2.57. The molecule has 0 aliphatic carbocycles. The van der Waals surface area contributed by atoms with Crippen LogP contribution in [0.2, 0.25) is 0 Å². The van der Waals surface area contributed by atoms with E-state index in [2.05, 4.69) is 24.8 Å². The summed E-state index contributed by atoms with van der Waals surface area (Å²) in [5, 5.41) is 23.5. The highest BCUT2D eigenvalue weighted by molar-refractivity contribution is 5.81. The fourth-order valence-corrected chi connectivity index (χ4v) is 10.2. The Balaban J connectivity index is 0.000000206. The van der Waals surface area contributed by atoms with Crippen molar-refractivity contribution < 1.29 is 54.8 Å². The molecule has 2 atom stereocenters. The van der Waals surface area contributed by atoms with Gasteiger partial charge in [-0.2, -0.15) is 26.3 Å². The second-order valence-electron chi connectivity index (χ2n) is 20.5. The van der Waals surface area contributed by atoms with Crippen molar-refractivity contribution in [2.75, 3.05) is 52.6 Å². The van der Waals surface area contributed by atoms with Gasteiger partial charge < -0.3 is 29.7 Å². The molecular weight excluding hydrogens is 923 g/mol.